The molecule has 0 unspecified atom stereocenters. The molecule has 1 aromatic carbocycles. The van der Waals surface area contributed by atoms with Crippen LogP contribution in [0.2, 0.25) is 0 Å². The van der Waals surface area contributed by atoms with Crippen LogP contribution in [-0.2, 0) is 23.0 Å². The molecule has 0 saturated heterocycles. The Morgan fingerprint density at radius 1 is 1.12 bits per heavy atom. The van der Waals surface area contributed by atoms with E-state index in [4.69, 9.17) is 9.47 Å². The summed E-state index contributed by atoms with van der Waals surface area (Å²) in [6.45, 7) is 4.46. The normalized spacial score (nSPS) is 15.2. The summed E-state index contributed by atoms with van der Waals surface area (Å²) in [6.07, 6.45) is 0.637. The summed E-state index contributed by atoms with van der Waals surface area (Å²) in [5, 5.41) is 0. The van der Waals surface area contributed by atoms with E-state index in [-0.39, 0.29) is 4.34 Å². The van der Waals surface area contributed by atoms with E-state index >= 15 is 0 Å². The predicted molar refractivity (Wildman–Crippen MR) is 92.4 cm³/mol. The lowest BCUT2D eigenvalue weighted by atomic mass is 10.0. The van der Waals surface area contributed by atoms with Gasteiger partial charge in [-0.05, 0) is 43.5 Å². The van der Waals surface area contributed by atoms with Crippen LogP contribution in [0.5, 0.6) is 11.5 Å². The third-order valence-electron chi connectivity index (χ3n) is 4.25. The highest BCUT2D eigenvalue weighted by Crippen LogP contribution is 2.35. The average Bonchev–Trinajstić information content (AvgIpc) is 2.92. The van der Waals surface area contributed by atoms with Crippen molar-refractivity contribution in [3.8, 4) is 11.5 Å². The molecule has 24 heavy (non-hydrogen) atoms. The number of hydrogen-bond donors (Lipinski definition) is 0. The molecule has 8 heteroatoms. The molecule has 130 valence electrons. The molecule has 0 fully saturated rings. The Labute approximate surface area is 146 Å². The van der Waals surface area contributed by atoms with Crippen molar-refractivity contribution in [2.45, 2.75) is 31.2 Å². The molecular weight excluding hydrogens is 348 g/mol. The summed E-state index contributed by atoms with van der Waals surface area (Å²) < 4.78 is 38.0. The van der Waals surface area contributed by atoms with Crippen molar-refractivity contribution in [3.63, 3.8) is 0 Å². The van der Waals surface area contributed by atoms with Crippen LogP contribution in [0.1, 0.15) is 21.7 Å². The van der Waals surface area contributed by atoms with Crippen molar-refractivity contribution in [1.29, 1.82) is 0 Å². The van der Waals surface area contributed by atoms with Crippen LogP contribution in [0, 0.1) is 13.8 Å². The molecule has 0 atom stereocenters. The van der Waals surface area contributed by atoms with E-state index in [1.165, 1.54) is 15.6 Å². The zero-order chi connectivity index (χ0) is 17.5. The maximum absolute atomic E-state index is 12.9. The molecule has 0 aliphatic carbocycles. The van der Waals surface area contributed by atoms with Crippen molar-refractivity contribution in [2.24, 2.45) is 0 Å². The Morgan fingerprint density at radius 3 is 2.29 bits per heavy atom. The van der Waals surface area contributed by atoms with Crippen molar-refractivity contribution >= 4 is 21.4 Å². The molecule has 6 nitrogen and oxygen atoms in total. The summed E-state index contributed by atoms with van der Waals surface area (Å²) in [5.41, 5.74) is 2.79. The topological polar surface area (TPSA) is 68.7 Å². The van der Waals surface area contributed by atoms with Gasteiger partial charge in [-0.1, -0.05) is 0 Å². The van der Waals surface area contributed by atoms with Crippen molar-refractivity contribution in [1.82, 2.24) is 9.29 Å². The summed E-state index contributed by atoms with van der Waals surface area (Å²) in [4.78, 5) is 5.15. The van der Waals surface area contributed by atoms with Crippen LogP contribution in [0.15, 0.2) is 16.5 Å². The van der Waals surface area contributed by atoms with Crippen LogP contribution >= 0.6 is 11.3 Å². The number of aromatic nitrogens is 1. The van der Waals surface area contributed by atoms with Gasteiger partial charge in [-0.25, -0.2) is 13.4 Å². The SMILES string of the molecule is COc1cc2c(cc1OC)CN(S(=O)(=O)c1nc(C)c(C)s1)CC2. The minimum absolute atomic E-state index is 0.168. The molecule has 2 heterocycles. The van der Waals surface area contributed by atoms with Gasteiger partial charge < -0.3 is 9.47 Å². The number of sulfonamides is 1. The van der Waals surface area contributed by atoms with Crippen LogP contribution in [0.3, 0.4) is 0 Å². The molecule has 0 saturated carbocycles. The van der Waals surface area contributed by atoms with Gasteiger partial charge in [0.2, 0.25) is 4.34 Å². The molecule has 0 radical (unpaired) electrons. The second-order valence-electron chi connectivity index (χ2n) is 5.69. The first kappa shape index (κ1) is 17.2. The fourth-order valence-corrected chi connectivity index (χ4v) is 5.59. The number of rotatable bonds is 4. The summed E-state index contributed by atoms with van der Waals surface area (Å²) in [7, 11) is -0.407. The third-order valence-corrected chi connectivity index (χ3v) is 7.53. The lowest BCUT2D eigenvalue weighted by Gasteiger charge is -2.28. The molecule has 3 rings (SSSR count). The van der Waals surface area contributed by atoms with Gasteiger partial charge >= 0.3 is 0 Å². The zero-order valence-corrected chi connectivity index (χ0v) is 15.8. The largest absolute Gasteiger partial charge is 0.493 e. The second-order valence-corrected chi connectivity index (χ2v) is 9.00. The van der Waals surface area contributed by atoms with Crippen LogP contribution in [0.4, 0.5) is 0 Å². The van der Waals surface area contributed by atoms with Gasteiger partial charge in [0, 0.05) is 18.0 Å². The fraction of sp³-hybridized carbons (Fsp3) is 0.438. The summed E-state index contributed by atoms with van der Waals surface area (Å²) in [5.74, 6) is 1.27. The summed E-state index contributed by atoms with van der Waals surface area (Å²) in [6, 6.07) is 3.78. The highest BCUT2D eigenvalue weighted by Gasteiger charge is 2.31. The van der Waals surface area contributed by atoms with Crippen LogP contribution < -0.4 is 9.47 Å². The van der Waals surface area contributed by atoms with Gasteiger partial charge in [0.15, 0.2) is 11.5 Å². The summed E-state index contributed by atoms with van der Waals surface area (Å²) >= 11 is 1.22. The lowest BCUT2D eigenvalue weighted by molar-refractivity contribution is 0.348. The first-order valence-corrected chi connectivity index (χ1v) is 9.80. The molecule has 0 amide bonds. The van der Waals surface area contributed by atoms with Crippen molar-refractivity contribution in [3.05, 3.63) is 33.8 Å². The molecule has 1 aliphatic rings. The number of aryl methyl sites for hydroxylation is 2. The van der Waals surface area contributed by atoms with E-state index in [1.54, 1.807) is 14.2 Å². The number of ether oxygens (including phenoxy) is 2. The number of benzene rings is 1. The van der Waals surface area contributed by atoms with Crippen molar-refractivity contribution < 1.29 is 17.9 Å². The van der Waals surface area contributed by atoms with Crippen LogP contribution in [-0.4, -0.2) is 38.5 Å². The molecule has 2 aromatic rings. The van der Waals surface area contributed by atoms with Gasteiger partial charge in [-0.15, -0.1) is 11.3 Å². The molecule has 0 spiro atoms. The average molecular weight is 368 g/mol. The quantitative estimate of drug-likeness (QED) is 0.829. The van der Waals surface area contributed by atoms with Gasteiger partial charge in [0.05, 0.1) is 19.9 Å². The van der Waals surface area contributed by atoms with Gasteiger partial charge in [0.1, 0.15) is 0 Å². The lowest BCUT2D eigenvalue weighted by Crippen LogP contribution is -2.36. The number of methoxy groups -OCH3 is 2. The van der Waals surface area contributed by atoms with E-state index in [9.17, 15) is 8.42 Å². The Bertz CT molecular complexity index is 855. The Kier molecular flexibility index (Phi) is 4.54. The van der Waals surface area contributed by atoms with Gasteiger partial charge in [0.25, 0.3) is 10.0 Å². The monoisotopic (exact) mass is 368 g/mol. The van der Waals surface area contributed by atoms with Gasteiger partial charge in [-0.2, -0.15) is 4.31 Å². The Morgan fingerprint density at radius 2 is 1.75 bits per heavy atom. The Balaban J connectivity index is 1.94. The minimum atomic E-state index is -3.57. The second kappa shape index (κ2) is 6.34. The Hall–Kier alpha value is -1.64. The number of nitrogens with zero attached hydrogens (tertiary/aromatic N) is 2. The van der Waals surface area contributed by atoms with E-state index < -0.39 is 10.0 Å². The smallest absolute Gasteiger partial charge is 0.270 e. The first-order chi connectivity index (χ1) is 11.4. The molecular formula is C16H20N2O4S2. The minimum Gasteiger partial charge on any atom is -0.493 e. The zero-order valence-electron chi connectivity index (χ0n) is 14.1. The van der Waals surface area contributed by atoms with E-state index in [1.807, 2.05) is 26.0 Å². The number of fused-ring (bicyclic) bond motifs is 1. The highest BCUT2D eigenvalue weighted by atomic mass is 32.2. The fourth-order valence-electron chi connectivity index (χ4n) is 2.73. The standard InChI is InChI=1S/C16H20N2O4S2/c1-10-11(2)23-16(17-10)24(19,20)18-6-5-12-7-14(21-3)15(22-4)8-13(12)9-18/h7-8H,5-6,9H2,1-4H3. The molecule has 0 bridgehead atoms. The maximum atomic E-state index is 12.9. The number of hydrogen-bond acceptors (Lipinski definition) is 6. The first-order valence-electron chi connectivity index (χ1n) is 7.54. The maximum Gasteiger partial charge on any atom is 0.270 e. The van der Waals surface area contributed by atoms with E-state index in [0.717, 1.165) is 21.7 Å². The third kappa shape index (κ3) is 2.89. The van der Waals surface area contributed by atoms with Gasteiger partial charge in [-0.3, -0.25) is 0 Å². The van der Waals surface area contributed by atoms with Crippen LogP contribution in [0.25, 0.3) is 0 Å². The van der Waals surface area contributed by atoms with E-state index in [0.29, 0.717) is 31.0 Å². The molecule has 0 N–H and O–H groups in total. The molecule has 1 aromatic heterocycles. The van der Waals surface area contributed by atoms with Crippen molar-refractivity contribution in [2.75, 3.05) is 20.8 Å². The predicted octanol–water partition coefficient (Wildman–Crippen LogP) is 2.52. The number of thiazole rings is 1. The highest BCUT2D eigenvalue weighted by molar-refractivity contribution is 7.91. The molecule has 1 aliphatic heterocycles. The van der Waals surface area contributed by atoms with E-state index in [2.05, 4.69) is 4.98 Å².